The molecule has 2 atom stereocenters. The molecule has 0 spiro atoms. The summed E-state index contributed by atoms with van der Waals surface area (Å²) in [5.41, 5.74) is 2.73. The highest BCUT2D eigenvalue weighted by Gasteiger charge is 2.15. The van der Waals surface area contributed by atoms with Crippen molar-refractivity contribution in [3.63, 3.8) is 0 Å². The number of benzene rings is 1. The Morgan fingerprint density at radius 1 is 1.33 bits per heavy atom. The van der Waals surface area contributed by atoms with E-state index in [4.69, 9.17) is 5.84 Å². The Hall–Kier alpha value is -0.650. The smallest absolute Gasteiger partial charge is 0.129 e. The molecular formula is C13H20F2N2S. The van der Waals surface area contributed by atoms with Crippen molar-refractivity contribution < 1.29 is 8.78 Å². The molecule has 2 nitrogen and oxygen atoms in total. The molecule has 2 unspecified atom stereocenters. The van der Waals surface area contributed by atoms with Gasteiger partial charge < -0.3 is 0 Å². The molecule has 0 saturated heterocycles. The molecule has 102 valence electrons. The van der Waals surface area contributed by atoms with E-state index in [1.807, 2.05) is 0 Å². The van der Waals surface area contributed by atoms with Crippen LogP contribution in [0.5, 0.6) is 0 Å². The molecule has 0 fully saturated rings. The fraction of sp³-hybridized carbons (Fsp3) is 0.538. The molecule has 0 radical (unpaired) electrons. The van der Waals surface area contributed by atoms with Crippen molar-refractivity contribution >= 4 is 11.8 Å². The molecule has 0 bridgehead atoms. The fourth-order valence-electron chi connectivity index (χ4n) is 1.54. The second-order valence-electron chi connectivity index (χ2n) is 4.32. The highest BCUT2D eigenvalue weighted by Crippen LogP contribution is 2.19. The highest BCUT2D eigenvalue weighted by atomic mass is 32.2. The first-order valence-corrected chi connectivity index (χ1v) is 7.14. The number of halogens is 2. The fourth-order valence-corrected chi connectivity index (χ4v) is 2.55. The molecule has 0 aliphatic heterocycles. The summed E-state index contributed by atoms with van der Waals surface area (Å²) < 4.78 is 27.0. The van der Waals surface area contributed by atoms with Gasteiger partial charge in [0.25, 0.3) is 0 Å². The number of hydrazine groups is 1. The minimum atomic E-state index is -0.510. The van der Waals surface area contributed by atoms with Crippen molar-refractivity contribution in [2.45, 2.75) is 38.0 Å². The van der Waals surface area contributed by atoms with E-state index in [9.17, 15) is 8.78 Å². The zero-order valence-corrected chi connectivity index (χ0v) is 11.6. The van der Waals surface area contributed by atoms with Crippen molar-refractivity contribution in [1.82, 2.24) is 5.43 Å². The van der Waals surface area contributed by atoms with E-state index in [0.29, 0.717) is 5.25 Å². The van der Waals surface area contributed by atoms with Crippen LogP contribution in [0.2, 0.25) is 0 Å². The lowest BCUT2D eigenvalue weighted by Crippen LogP contribution is -2.39. The van der Waals surface area contributed by atoms with Gasteiger partial charge in [0.2, 0.25) is 0 Å². The van der Waals surface area contributed by atoms with Crippen LogP contribution in [-0.4, -0.2) is 17.0 Å². The molecule has 0 heterocycles. The zero-order chi connectivity index (χ0) is 13.5. The van der Waals surface area contributed by atoms with Crippen molar-refractivity contribution in [3.05, 3.63) is 35.4 Å². The van der Waals surface area contributed by atoms with Crippen LogP contribution in [0.4, 0.5) is 8.78 Å². The molecule has 0 aliphatic carbocycles. The Bertz CT molecular complexity index is 354. The van der Waals surface area contributed by atoms with Gasteiger partial charge >= 0.3 is 0 Å². The van der Waals surface area contributed by atoms with Crippen LogP contribution in [0, 0.1) is 11.6 Å². The predicted molar refractivity (Wildman–Crippen MR) is 73.4 cm³/mol. The molecular weight excluding hydrogens is 254 g/mol. The minimum absolute atomic E-state index is 0.102. The Morgan fingerprint density at radius 3 is 2.44 bits per heavy atom. The van der Waals surface area contributed by atoms with Gasteiger partial charge in [0, 0.05) is 22.6 Å². The minimum Gasteiger partial charge on any atom is -0.271 e. The molecule has 1 aromatic carbocycles. The van der Waals surface area contributed by atoms with Gasteiger partial charge in [-0.25, -0.2) is 8.78 Å². The second kappa shape index (κ2) is 7.71. The lowest BCUT2D eigenvalue weighted by atomic mass is 10.1. The topological polar surface area (TPSA) is 38.0 Å². The third-order valence-corrected chi connectivity index (χ3v) is 4.40. The lowest BCUT2D eigenvalue weighted by molar-refractivity contribution is 0.512. The summed E-state index contributed by atoms with van der Waals surface area (Å²) in [4.78, 5) is 0. The summed E-state index contributed by atoms with van der Waals surface area (Å²) in [6.07, 6.45) is 1.33. The molecule has 5 heteroatoms. The second-order valence-corrected chi connectivity index (χ2v) is 5.79. The average Bonchev–Trinajstić information content (AvgIpc) is 2.37. The van der Waals surface area contributed by atoms with Crippen LogP contribution in [0.1, 0.15) is 25.8 Å². The molecule has 0 amide bonds. The van der Waals surface area contributed by atoms with Gasteiger partial charge in [-0.05, 0) is 25.0 Å². The van der Waals surface area contributed by atoms with E-state index < -0.39 is 11.6 Å². The Kier molecular flexibility index (Phi) is 6.60. The van der Waals surface area contributed by atoms with E-state index >= 15 is 0 Å². The quantitative estimate of drug-likeness (QED) is 0.593. The van der Waals surface area contributed by atoms with Crippen molar-refractivity contribution in [3.8, 4) is 0 Å². The summed E-state index contributed by atoms with van der Waals surface area (Å²) in [6, 6.07) is 3.78. The molecule has 3 N–H and O–H groups in total. The molecule has 0 aromatic heterocycles. The Balaban J connectivity index is 2.62. The predicted octanol–water partition coefficient (Wildman–Crippen LogP) is 2.87. The van der Waals surface area contributed by atoms with Gasteiger partial charge in [-0.2, -0.15) is 11.8 Å². The van der Waals surface area contributed by atoms with Gasteiger partial charge in [-0.1, -0.05) is 19.9 Å². The molecule has 1 rings (SSSR count). The number of hydrogen-bond donors (Lipinski definition) is 2. The zero-order valence-electron chi connectivity index (χ0n) is 10.7. The summed E-state index contributed by atoms with van der Waals surface area (Å²) in [7, 11) is 0. The first-order chi connectivity index (χ1) is 8.58. The average molecular weight is 274 g/mol. The third-order valence-electron chi connectivity index (χ3n) is 2.90. The Labute approximate surface area is 111 Å². The summed E-state index contributed by atoms with van der Waals surface area (Å²) in [5.74, 6) is 5.15. The SMILES string of the molecule is CCC(C)SCC(Cc1c(F)cccc1F)NN. The van der Waals surface area contributed by atoms with Crippen LogP contribution in [0.15, 0.2) is 18.2 Å². The van der Waals surface area contributed by atoms with Crippen LogP contribution < -0.4 is 11.3 Å². The van der Waals surface area contributed by atoms with Gasteiger partial charge in [-0.15, -0.1) is 0 Å². The largest absolute Gasteiger partial charge is 0.271 e. The lowest BCUT2D eigenvalue weighted by Gasteiger charge is -2.18. The van der Waals surface area contributed by atoms with Crippen LogP contribution in [0.25, 0.3) is 0 Å². The van der Waals surface area contributed by atoms with Crippen LogP contribution >= 0.6 is 11.8 Å². The number of hydrogen-bond acceptors (Lipinski definition) is 3. The molecule has 1 aromatic rings. The van der Waals surface area contributed by atoms with Gasteiger partial charge in [0.15, 0.2) is 0 Å². The van der Waals surface area contributed by atoms with Crippen molar-refractivity contribution in [2.75, 3.05) is 5.75 Å². The van der Waals surface area contributed by atoms with Gasteiger partial charge in [-0.3, -0.25) is 11.3 Å². The molecule has 0 aliphatic rings. The number of rotatable bonds is 7. The first-order valence-electron chi connectivity index (χ1n) is 6.09. The van der Waals surface area contributed by atoms with Gasteiger partial charge in [0.05, 0.1) is 0 Å². The first kappa shape index (κ1) is 15.4. The van der Waals surface area contributed by atoms with Crippen molar-refractivity contribution in [2.24, 2.45) is 5.84 Å². The summed E-state index contributed by atoms with van der Waals surface area (Å²) >= 11 is 1.75. The summed E-state index contributed by atoms with van der Waals surface area (Å²) in [6.45, 7) is 4.24. The maximum Gasteiger partial charge on any atom is 0.129 e. The van der Waals surface area contributed by atoms with E-state index in [2.05, 4.69) is 19.3 Å². The normalized spacial score (nSPS) is 14.5. The van der Waals surface area contributed by atoms with Crippen molar-refractivity contribution in [1.29, 1.82) is 0 Å². The van der Waals surface area contributed by atoms with E-state index in [-0.39, 0.29) is 18.0 Å². The van der Waals surface area contributed by atoms with Gasteiger partial charge in [0.1, 0.15) is 11.6 Å². The highest BCUT2D eigenvalue weighted by molar-refractivity contribution is 7.99. The maximum absolute atomic E-state index is 13.5. The van der Waals surface area contributed by atoms with Crippen LogP contribution in [-0.2, 0) is 6.42 Å². The standard InChI is InChI=1S/C13H20F2N2S/c1-3-9(2)18-8-10(17-16)7-11-12(14)5-4-6-13(11)15/h4-6,9-10,17H,3,7-8,16H2,1-2H3. The molecule has 0 saturated carbocycles. The summed E-state index contributed by atoms with van der Waals surface area (Å²) in [5, 5.41) is 0.520. The number of nitrogens with one attached hydrogen (secondary N) is 1. The number of thioether (sulfide) groups is 1. The third kappa shape index (κ3) is 4.55. The van der Waals surface area contributed by atoms with E-state index in [1.54, 1.807) is 11.8 Å². The molecule has 18 heavy (non-hydrogen) atoms. The Morgan fingerprint density at radius 2 is 1.94 bits per heavy atom. The van der Waals surface area contributed by atoms with E-state index in [1.165, 1.54) is 18.2 Å². The van der Waals surface area contributed by atoms with E-state index in [0.717, 1.165) is 12.2 Å². The monoisotopic (exact) mass is 274 g/mol. The maximum atomic E-state index is 13.5. The number of nitrogens with two attached hydrogens (primary N) is 1. The van der Waals surface area contributed by atoms with Crippen LogP contribution in [0.3, 0.4) is 0 Å².